The summed E-state index contributed by atoms with van der Waals surface area (Å²) in [6, 6.07) is 14.9. The highest BCUT2D eigenvalue weighted by molar-refractivity contribution is 5.53. The Kier molecular flexibility index (Phi) is 8.61. The van der Waals surface area contributed by atoms with Crippen molar-refractivity contribution < 1.29 is 14.2 Å². The second-order valence-electron chi connectivity index (χ2n) is 8.54. The van der Waals surface area contributed by atoms with Crippen molar-refractivity contribution >= 4 is 0 Å². The third kappa shape index (κ3) is 5.72. The predicted octanol–water partition coefficient (Wildman–Crippen LogP) is 4.42. The first-order valence-electron chi connectivity index (χ1n) is 11.4. The number of aryl methyl sites for hydroxylation is 1. The summed E-state index contributed by atoms with van der Waals surface area (Å²) in [5.41, 5.74) is 9.01. The number of methoxy groups -OCH3 is 3. The summed E-state index contributed by atoms with van der Waals surface area (Å²) in [5.74, 6) is 2.11. The predicted molar refractivity (Wildman–Crippen MR) is 127 cm³/mol. The number of hydrogen-bond acceptors (Lipinski definition) is 5. The smallest absolute Gasteiger partial charge is 0.203 e. The first-order chi connectivity index (χ1) is 15.2. The Morgan fingerprint density at radius 2 is 1.52 bits per heavy atom. The molecule has 2 aromatic carbocycles. The Labute approximate surface area is 187 Å². The zero-order valence-corrected chi connectivity index (χ0v) is 19.4. The van der Waals surface area contributed by atoms with Gasteiger partial charge in [0.1, 0.15) is 0 Å². The SMILES string of the molecule is COc1cc(CCCCCN2CCC(CN)(c3ccccc3)CC2)cc(OC)c1OC. The van der Waals surface area contributed by atoms with E-state index >= 15 is 0 Å². The summed E-state index contributed by atoms with van der Waals surface area (Å²) in [6.07, 6.45) is 6.92. The van der Waals surface area contributed by atoms with Gasteiger partial charge in [-0.3, -0.25) is 0 Å². The van der Waals surface area contributed by atoms with Crippen LogP contribution in [-0.2, 0) is 11.8 Å². The number of unbranched alkanes of at least 4 members (excludes halogenated alkanes) is 2. The second kappa shape index (κ2) is 11.4. The van der Waals surface area contributed by atoms with Gasteiger partial charge in [0.2, 0.25) is 5.75 Å². The first-order valence-corrected chi connectivity index (χ1v) is 11.4. The molecule has 0 radical (unpaired) electrons. The second-order valence-corrected chi connectivity index (χ2v) is 8.54. The van der Waals surface area contributed by atoms with E-state index in [0.29, 0.717) is 5.75 Å². The molecule has 2 N–H and O–H groups in total. The maximum Gasteiger partial charge on any atom is 0.203 e. The molecule has 1 fully saturated rings. The monoisotopic (exact) mass is 426 g/mol. The van der Waals surface area contributed by atoms with Gasteiger partial charge in [-0.1, -0.05) is 36.8 Å². The molecule has 5 heteroatoms. The molecular weight excluding hydrogens is 388 g/mol. The topological polar surface area (TPSA) is 57.0 Å². The molecule has 0 saturated carbocycles. The van der Waals surface area contributed by atoms with Crippen molar-refractivity contribution in [2.75, 3.05) is 47.5 Å². The Balaban J connectivity index is 1.42. The van der Waals surface area contributed by atoms with Crippen molar-refractivity contribution in [2.45, 2.75) is 43.9 Å². The number of nitrogens with zero attached hydrogens (tertiary/aromatic N) is 1. The lowest BCUT2D eigenvalue weighted by atomic mass is 9.73. The molecule has 0 atom stereocenters. The minimum Gasteiger partial charge on any atom is -0.493 e. The van der Waals surface area contributed by atoms with Crippen LogP contribution in [0, 0.1) is 0 Å². The van der Waals surface area contributed by atoms with Gasteiger partial charge in [0.05, 0.1) is 21.3 Å². The maximum atomic E-state index is 6.23. The number of rotatable bonds is 11. The Morgan fingerprint density at radius 1 is 0.871 bits per heavy atom. The number of benzene rings is 2. The lowest BCUT2D eigenvalue weighted by Gasteiger charge is -2.41. The van der Waals surface area contributed by atoms with Crippen LogP contribution in [0.1, 0.15) is 43.2 Å². The molecule has 1 aliphatic heterocycles. The molecule has 170 valence electrons. The van der Waals surface area contributed by atoms with Crippen LogP contribution in [0.5, 0.6) is 17.2 Å². The summed E-state index contributed by atoms with van der Waals surface area (Å²) in [5, 5.41) is 0. The Bertz CT molecular complexity index is 777. The van der Waals surface area contributed by atoms with Crippen molar-refractivity contribution in [3.05, 3.63) is 53.6 Å². The number of piperidine rings is 1. The lowest BCUT2D eigenvalue weighted by molar-refractivity contribution is 0.160. The van der Waals surface area contributed by atoms with Crippen LogP contribution in [0.2, 0.25) is 0 Å². The van der Waals surface area contributed by atoms with Crippen LogP contribution in [0.4, 0.5) is 0 Å². The number of ether oxygens (including phenoxy) is 3. The van der Waals surface area contributed by atoms with E-state index in [2.05, 4.69) is 47.4 Å². The Hall–Kier alpha value is -2.24. The molecule has 1 heterocycles. The van der Waals surface area contributed by atoms with Crippen LogP contribution in [0.3, 0.4) is 0 Å². The van der Waals surface area contributed by atoms with Crippen LogP contribution in [0.25, 0.3) is 0 Å². The third-order valence-corrected chi connectivity index (χ3v) is 6.75. The van der Waals surface area contributed by atoms with Crippen molar-refractivity contribution in [3.63, 3.8) is 0 Å². The van der Waals surface area contributed by atoms with Crippen molar-refractivity contribution in [1.29, 1.82) is 0 Å². The molecule has 1 aliphatic rings. The molecule has 0 unspecified atom stereocenters. The summed E-state index contributed by atoms with van der Waals surface area (Å²) < 4.78 is 16.3. The highest BCUT2D eigenvalue weighted by Gasteiger charge is 2.34. The van der Waals surface area contributed by atoms with E-state index < -0.39 is 0 Å². The van der Waals surface area contributed by atoms with Crippen LogP contribution in [-0.4, -0.2) is 52.4 Å². The van der Waals surface area contributed by atoms with E-state index in [1.165, 1.54) is 30.5 Å². The number of likely N-dealkylation sites (tertiary alicyclic amines) is 1. The maximum absolute atomic E-state index is 6.23. The highest BCUT2D eigenvalue weighted by Crippen LogP contribution is 2.38. The van der Waals surface area contributed by atoms with E-state index in [1.54, 1.807) is 21.3 Å². The standard InChI is InChI=1S/C26H38N2O3/c1-29-23-18-21(19-24(30-2)25(23)31-3)10-6-5-9-15-28-16-13-26(20-27,14-17-28)22-11-7-4-8-12-22/h4,7-8,11-12,18-19H,5-6,9-10,13-17,20,27H2,1-3H3. The van der Waals surface area contributed by atoms with Crippen LogP contribution in [0.15, 0.2) is 42.5 Å². The van der Waals surface area contributed by atoms with E-state index in [4.69, 9.17) is 19.9 Å². The molecule has 0 spiro atoms. The van der Waals surface area contributed by atoms with Gasteiger partial charge in [-0.2, -0.15) is 0 Å². The number of nitrogens with two attached hydrogens (primary N) is 1. The average Bonchev–Trinajstić information content (AvgIpc) is 2.84. The quantitative estimate of drug-likeness (QED) is 0.539. The van der Waals surface area contributed by atoms with Crippen molar-refractivity contribution in [2.24, 2.45) is 5.73 Å². The molecule has 0 aliphatic carbocycles. The molecule has 0 aromatic heterocycles. The lowest BCUT2D eigenvalue weighted by Crippen LogP contribution is -2.46. The van der Waals surface area contributed by atoms with E-state index in [1.807, 2.05) is 0 Å². The molecule has 0 amide bonds. The largest absolute Gasteiger partial charge is 0.493 e. The van der Waals surface area contributed by atoms with Gasteiger partial charge in [0.15, 0.2) is 11.5 Å². The summed E-state index contributed by atoms with van der Waals surface area (Å²) in [6.45, 7) is 4.18. The van der Waals surface area contributed by atoms with Gasteiger partial charge in [0, 0.05) is 12.0 Å². The first kappa shape index (κ1) is 23.4. The molecular formula is C26H38N2O3. The highest BCUT2D eigenvalue weighted by atomic mass is 16.5. The van der Waals surface area contributed by atoms with Crippen molar-refractivity contribution in [1.82, 2.24) is 4.90 Å². The fourth-order valence-corrected chi connectivity index (χ4v) is 4.73. The van der Waals surface area contributed by atoms with Crippen LogP contribution >= 0.6 is 0 Å². The summed E-state index contributed by atoms with van der Waals surface area (Å²) in [7, 11) is 4.96. The minimum absolute atomic E-state index is 0.157. The van der Waals surface area contributed by atoms with E-state index in [0.717, 1.165) is 56.8 Å². The van der Waals surface area contributed by atoms with Crippen molar-refractivity contribution in [3.8, 4) is 17.2 Å². The fourth-order valence-electron chi connectivity index (χ4n) is 4.73. The fraction of sp³-hybridized carbons (Fsp3) is 0.538. The summed E-state index contributed by atoms with van der Waals surface area (Å²) >= 11 is 0. The van der Waals surface area contributed by atoms with Gasteiger partial charge < -0.3 is 24.8 Å². The molecule has 5 nitrogen and oxygen atoms in total. The average molecular weight is 427 g/mol. The van der Waals surface area contributed by atoms with Crippen LogP contribution < -0.4 is 19.9 Å². The zero-order chi connectivity index (χ0) is 22.1. The minimum atomic E-state index is 0.157. The third-order valence-electron chi connectivity index (χ3n) is 6.75. The van der Waals surface area contributed by atoms with Gasteiger partial charge in [0.25, 0.3) is 0 Å². The molecule has 31 heavy (non-hydrogen) atoms. The Morgan fingerprint density at radius 3 is 2.06 bits per heavy atom. The van der Waals surface area contributed by atoms with E-state index in [-0.39, 0.29) is 5.41 Å². The van der Waals surface area contributed by atoms with Gasteiger partial charge in [-0.05, 0) is 75.0 Å². The van der Waals surface area contributed by atoms with Gasteiger partial charge in [-0.25, -0.2) is 0 Å². The molecule has 2 aromatic rings. The zero-order valence-electron chi connectivity index (χ0n) is 19.4. The molecule has 0 bridgehead atoms. The van der Waals surface area contributed by atoms with Gasteiger partial charge in [-0.15, -0.1) is 0 Å². The summed E-state index contributed by atoms with van der Waals surface area (Å²) in [4.78, 5) is 2.61. The van der Waals surface area contributed by atoms with Gasteiger partial charge >= 0.3 is 0 Å². The molecule has 3 rings (SSSR count). The molecule has 1 saturated heterocycles. The number of hydrogen-bond donors (Lipinski definition) is 1. The normalized spacial score (nSPS) is 16.1. The van der Waals surface area contributed by atoms with E-state index in [9.17, 15) is 0 Å².